The fourth-order valence-corrected chi connectivity index (χ4v) is 1.79. The molecule has 0 aliphatic rings. The van der Waals surface area contributed by atoms with E-state index in [9.17, 15) is 18.9 Å². The number of nitro benzene ring substituents is 1. The van der Waals surface area contributed by atoms with Crippen molar-refractivity contribution in [2.75, 3.05) is 0 Å². The molecule has 0 aliphatic heterocycles. The van der Waals surface area contributed by atoms with Gasteiger partial charge in [0, 0.05) is 30.8 Å². The summed E-state index contributed by atoms with van der Waals surface area (Å²) in [5, 5.41) is 13.6. The summed E-state index contributed by atoms with van der Waals surface area (Å²) in [6.45, 7) is 0.577. The van der Waals surface area contributed by atoms with E-state index in [-0.39, 0.29) is 12.1 Å². The second-order valence-corrected chi connectivity index (χ2v) is 4.24. The van der Waals surface area contributed by atoms with Crippen molar-refractivity contribution in [2.24, 2.45) is 0 Å². The standard InChI is InChI=1S/C14H12F2N2O2/c15-12-7-13(16)14(18(19)20)6-11(12)9-17-8-10-4-2-1-3-5-10/h1-7,17H,8-9H2. The second-order valence-electron chi connectivity index (χ2n) is 4.24. The number of rotatable bonds is 5. The summed E-state index contributed by atoms with van der Waals surface area (Å²) >= 11 is 0. The summed E-state index contributed by atoms with van der Waals surface area (Å²) in [4.78, 5) is 9.74. The average Bonchev–Trinajstić information content (AvgIpc) is 2.42. The number of halogens is 2. The molecule has 0 atom stereocenters. The Bertz CT molecular complexity index is 618. The molecule has 104 valence electrons. The van der Waals surface area contributed by atoms with Crippen molar-refractivity contribution in [3.63, 3.8) is 0 Å². The van der Waals surface area contributed by atoms with Crippen molar-refractivity contribution in [1.82, 2.24) is 5.32 Å². The maximum Gasteiger partial charge on any atom is 0.305 e. The minimum Gasteiger partial charge on any atom is -0.309 e. The molecule has 2 aromatic rings. The monoisotopic (exact) mass is 278 g/mol. The maximum atomic E-state index is 13.5. The van der Waals surface area contributed by atoms with Crippen LogP contribution in [-0.2, 0) is 13.1 Å². The molecular weight excluding hydrogens is 266 g/mol. The highest BCUT2D eigenvalue weighted by Gasteiger charge is 2.18. The topological polar surface area (TPSA) is 55.2 Å². The van der Waals surface area contributed by atoms with E-state index in [0.29, 0.717) is 12.6 Å². The van der Waals surface area contributed by atoms with Crippen LogP contribution in [-0.4, -0.2) is 4.92 Å². The lowest BCUT2D eigenvalue weighted by molar-refractivity contribution is -0.387. The van der Waals surface area contributed by atoms with Crippen LogP contribution in [0.3, 0.4) is 0 Å². The first-order valence-electron chi connectivity index (χ1n) is 5.95. The molecule has 0 amide bonds. The van der Waals surface area contributed by atoms with Crippen LogP contribution < -0.4 is 5.32 Å². The average molecular weight is 278 g/mol. The first-order chi connectivity index (χ1) is 9.58. The molecule has 0 saturated carbocycles. The zero-order valence-electron chi connectivity index (χ0n) is 10.5. The predicted molar refractivity (Wildman–Crippen MR) is 70.0 cm³/mol. The highest BCUT2D eigenvalue weighted by atomic mass is 19.1. The Morgan fingerprint density at radius 2 is 1.75 bits per heavy atom. The van der Waals surface area contributed by atoms with Crippen LogP contribution in [0.2, 0.25) is 0 Å². The van der Waals surface area contributed by atoms with E-state index < -0.39 is 22.2 Å². The van der Waals surface area contributed by atoms with Gasteiger partial charge in [-0.1, -0.05) is 30.3 Å². The number of nitro groups is 1. The molecule has 0 radical (unpaired) electrons. The molecule has 0 fully saturated rings. The van der Waals surface area contributed by atoms with Crippen LogP contribution in [0.1, 0.15) is 11.1 Å². The fraction of sp³-hybridized carbons (Fsp3) is 0.143. The molecular formula is C14H12F2N2O2. The van der Waals surface area contributed by atoms with Crippen LogP contribution in [0, 0.1) is 21.7 Å². The molecule has 0 aliphatic carbocycles. The summed E-state index contributed by atoms with van der Waals surface area (Å²) in [6.07, 6.45) is 0. The van der Waals surface area contributed by atoms with Gasteiger partial charge >= 0.3 is 5.69 Å². The van der Waals surface area contributed by atoms with E-state index in [1.165, 1.54) is 0 Å². The van der Waals surface area contributed by atoms with Gasteiger partial charge in [-0.05, 0) is 5.56 Å². The fourth-order valence-electron chi connectivity index (χ4n) is 1.79. The maximum absolute atomic E-state index is 13.5. The van der Waals surface area contributed by atoms with Crippen LogP contribution in [0.25, 0.3) is 0 Å². The Morgan fingerprint density at radius 3 is 2.40 bits per heavy atom. The smallest absolute Gasteiger partial charge is 0.305 e. The van der Waals surface area contributed by atoms with Gasteiger partial charge in [0.2, 0.25) is 5.82 Å². The molecule has 0 spiro atoms. The Hall–Kier alpha value is -2.34. The summed E-state index contributed by atoms with van der Waals surface area (Å²) in [7, 11) is 0. The zero-order valence-corrected chi connectivity index (χ0v) is 10.5. The molecule has 0 heterocycles. The van der Waals surface area contributed by atoms with E-state index in [1.54, 1.807) is 0 Å². The van der Waals surface area contributed by atoms with Crippen molar-refractivity contribution in [2.45, 2.75) is 13.1 Å². The molecule has 2 rings (SSSR count). The van der Waals surface area contributed by atoms with Crippen LogP contribution >= 0.6 is 0 Å². The molecule has 0 bridgehead atoms. The Balaban J connectivity index is 2.06. The lowest BCUT2D eigenvalue weighted by Crippen LogP contribution is -2.14. The predicted octanol–water partition coefficient (Wildman–Crippen LogP) is 3.16. The zero-order chi connectivity index (χ0) is 14.5. The highest BCUT2D eigenvalue weighted by molar-refractivity contribution is 5.37. The number of nitrogens with one attached hydrogen (secondary N) is 1. The van der Waals surface area contributed by atoms with Crippen LogP contribution in [0.15, 0.2) is 42.5 Å². The van der Waals surface area contributed by atoms with Crippen molar-refractivity contribution in [3.05, 3.63) is 75.3 Å². The summed E-state index contributed by atoms with van der Waals surface area (Å²) < 4.78 is 26.7. The van der Waals surface area contributed by atoms with Gasteiger partial charge in [0.1, 0.15) is 5.82 Å². The van der Waals surface area contributed by atoms with Gasteiger partial charge in [-0.2, -0.15) is 4.39 Å². The Labute approximate surface area is 114 Å². The van der Waals surface area contributed by atoms with Crippen molar-refractivity contribution >= 4 is 5.69 Å². The third-order valence-electron chi connectivity index (χ3n) is 2.80. The van der Waals surface area contributed by atoms with Crippen LogP contribution in [0.4, 0.5) is 14.5 Å². The van der Waals surface area contributed by atoms with E-state index in [1.807, 2.05) is 30.3 Å². The van der Waals surface area contributed by atoms with Gasteiger partial charge in [0.25, 0.3) is 0 Å². The molecule has 20 heavy (non-hydrogen) atoms. The molecule has 4 nitrogen and oxygen atoms in total. The number of hydrogen-bond acceptors (Lipinski definition) is 3. The van der Waals surface area contributed by atoms with E-state index in [0.717, 1.165) is 11.6 Å². The Kier molecular flexibility index (Phi) is 4.37. The third kappa shape index (κ3) is 3.36. The summed E-state index contributed by atoms with van der Waals surface area (Å²) in [6, 6.07) is 10.9. The third-order valence-corrected chi connectivity index (χ3v) is 2.80. The molecule has 0 aromatic heterocycles. The van der Waals surface area contributed by atoms with Gasteiger partial charge in [0.15, 0.2) is 0 Å². The normalized spacial score (nSPS) is 10.5. The molecule has 1 N–H and O–H groups in total. The highest BCUT2D eigenvalue weighted by Crippen LogP contribution is 2.21. The van der Waals surface area contributed by atoms with Gasteiger partial charge in [-0.15, -0.1) is 0 Å². The van der Waals surface area contributed by atoms with E-state index in [4.69, 9.17) is 0 Å². The van der Waals surface area contributed by atoms with Crippen LogP contribution in [0.5, 0.6) is 0 Å². The molecule has 0 saturated heterocycles. The minimum atomic E-state index is -1.17. The van der Waals surface area contributed by atoms with Crippen molar-refractivity contribution < 1.29 is 13.7 Å². The largest absolute Gasteiger partial charge is 0.309 e. The molecule has 0 unspecified atom stereocenters. The first-order valence-corrected chi connectivity index (χ1v) is 5.95. The van der Waals surface area contributed by atoms with Gasteiger partial charge in [0.05, 0.1) is 4.92 Å². The Morgan fingerprint density at radius 1 is 1.05 bits per heavy atom. The quantitative estimate of drug-likeness (QED) is 0.675. The van der Waals surface area contributed by atoms with Gasteiger partial charge in [-0.25, -0.2) is 4.39 Å². The van der Waals surface area contributed by atoms with Crippen molar-refractivity contribution in [1.29, 1.82) is 0 Å². The number of nitrogens with zero attached hydrogens (tertiary/aromatic N) is 1. The minimum absolute atomic E-state index is 0.0639. The summed E-state index contributed by atoms with van der Waals surface area (Å²) in [5.74, 6) is -1.96. The van der Waals surface area contributed by atoms with Gasteiger partial charge in [-0.3, -0.25) is 10.1 Å². The van der Waals surface area contributed by atoms with Gasteiger partial charge < -0.3 is 5.32 Å². The summed E-state index contributed by atoms with van der Waals surface area (Å²) in [5.41, 5.74) is 0.349. The van der Waals surface area contributed by atoms with Crippen molar-refractivity contribution in [3.8, 4) is 0 Å². The lowest BCUT2D eigenvalue weighted by Gasteiger charge is -2.06. The van der Waals surface area contributed by atoms with E-state index in [2.05, 4.69) is 5.32 Å². The molecule has 2 aromatic carbocycles. The number of benzene rings is 2. The molecule has 6 heteroatoms. The lowest BCUT2D eigenvalue weighted by atomic mass is 10.1. The van der Waals surface area contributed by atoms with E-state index >= 15 is 0 Å². The first kappa shape index (κ1) is 14.1. The SMILES string of the molecule is O=[N+]([O-])c1cc(CNCc2ccccc2)c(F)cc1F. The second kappa shape index (κ2) is 6.21. The number of hydrogen-bond donors (Lipinski definition) is 1.